The van der Waals surface area contributed by atoms with Crippen LogP contribution in [-0.2, 0) is 0 Å². The highest BCUT2D eigenvalue weighted by molar-refractivity contribution is 8.42. The van der Waals surface area contributed by atoms with Crippen LogP contribution in [0.15, 0.2) is 26.8 Å². The minimum absolute atomic E-state index is 1.30. The fraction of sp³-hybridized carbons (Fsp3) is 0.500. The average molecular weight is 351 g/mol. The zero-order chi connectivity index (χ0) is 12.5. The van der Waals surface area contributed by atoms with Gasteiger partial charge in [0.1, 0.15) is 0 Å². The minimum Gasteiger partial charge on any atom is -0.117 e. The number of thioether (sulfide) groups is 6. The van der Waals surface area contributed by atoms with Crippen molar-refractivity contribution in [1.29, 1.82) is 0 Å². The molecule has 0 unspecified atom stereocenters. The normalized spacial score (nSPS) is 25.7. The van der Waals surface area contributed by atoms with E-state index in [1.165, 1.54) is 42.6 Å². The molecule has 0 aromatic carbocycles. The zero-order valence-corrected chi connectivity index (χ0v) is 15.2. The maximum Gasteiger partial charge on any atom is 0.0717 e. The fourth-order valence-corrected chi connectivity index (χ4v) is 10.4. The van der Waals surface area contributed by atoms with Gasteiger partial charge in [0, 0.05) is 0 Å². The number of rotatable bonds is 0. The smallest absolute Gasteiger partial charge is 0.0717 e. The van der Waals surface area contributed by atoms with Crippen LogP contribution in [0.1, 0.15) is 26.7 Å². The topological polar surface area (TPSA) is 0 Å². The maximum absolute atomic E-state index is 2.23. The Balaban J connectivity index is 1.75. The lowest BCUT2D eigenvalue weighted by molar-refractivity contribution is 0.909. The summed E-state index contributed by atoms with van der Waals surface area (Å²) < 4.78 is 6.16. The van der Waals surface area contributed by atoms with E-state index >= 15 is 0 Å². The molecule has 3 rings (SSSR count). The van der Waals surface area contributed by atoms with Crippen molar-refractivity contribution < 1.29 is 0 Å². The van der Waals surface area contributed by atoms with Crippen molar-refractivity contribution in [3.8, 4) is 0 Å². The molecule has 0 aromatic rings. The molecular weight excluding hydrogens is 337 g/mol. The van der Waals surface area contributed by atoms with E-state index in [9.17, 15) is 0 Å². The Labute approximate surface area is 134 Å². The van der Waals surface area contributed by atoms with Gasteiger partial charge in [0.2, 0.25) is 0 Å². The molecule has 0 amide bonds. The molecule has 6 heteroatoms. The van der Waals surface area contributed by atoms with Crippen LogP contribution >= 0.6 is 70.6 Å². The van der Waals surface area contributed by atoms with Gasteiger partial charge in [-0.15, -0.1) is 23.5 Å². The molecule has 0 fully saturated rings. The van der Waals surface area contributed by atoms with Gasteiger partial charge in [-0.1, -0.05) is 47.0 Å². The van der Waals surface area contributed by atoms with Crippen LogP contribution in [0.4, 0.5) is 0 Å². The first kappa shape index (κ1) is 14.3. The second-order valence-corrected chi connectivity index (χ2v) is 11.8. The van der Waals surface area contributed by atoms with Gasteiger partial charge in [-0.25, -0.2) is 0 Å². The zero-order valence-electron chi connectivity index (χ0n) is 10.3. The van der Waals surface area contributed by atoms with Gasteiger partial charge < -0.3 is 0 Å². The first-order valence-corrected chi connectivity index (χ1v) is 11.1. The SMILES string of the molecule is CC1=C(C)SC(=C2SC3=C(SCCCCS3)S2)S1. The van der Waals surface area contributed by atoms with Crippen molar-refractivity contribution in [2.24, 2.45) is 0 Å². The van der Waals surface area contributed by atoms with E-state index < -0.39 is 0 Å². The molecular formula is C12H14S6. The predicted molar refractivity (Wildman–Crippen MR) is 96.9 cm³/mol. The first-order valence-electron chi connectivity index (χ1n) is 5.87. The molecule has 0 saturated heterocycles. The first-order chi connectivity index (χ1) is 8.74. The van der Waals surface area contributed by atoms with Crippen molar-refractivity contribution >= 4 is 70.6 Å². The van der Waals surface area contributed by atoms with Crippen LogP contribution < -0.4 is 0 Å². The molecule has 3 heterocycles. The summed E-state index contributed by atoms with van der Waals surface area (Å²) in [5.41, 5.74) is 0. The van der Waals surface area contributed by atoms with Gasteiger partial charge in [-0.05, 0) is 48.0 Å². The fourth-order valence-electron chi connectivity index (χ4n) is 1.59. The summed E-state index contributed by atoms with van der Waals surface area (Å²) in [4.78, 5) is 2.95. The molecule has 0 saturated carbocycles. The van der Waals surface area contributed by atoms with Crippen LogP contribution in [-0.4, -0.2) is 11.5 Å². The Morgan fingerprint density at radius 2 is 1.06 bits per heavy atom. The van der Waals surface area contributed by atoms with Gasteiger partial charge in [-0.2, -0.15) is 0 Å². The van der Waals surface area contributed by atoms with Crippen LogP contribution in [0.2, 0.25) is 0 Å². The Kier molecular flexibility index (Phi) is 5.07. The highest BCUT2D eigenvalue weighted by atomic mass is 32.3. The quantitative estimate of drug-likeness (QED) is 0.472. The van der Waals surface area contributed by atoms with Crippen LogP contribution in [0.3, 0.4) is 0 Å². The second kappa shape index (κ2) is 6.39. The Hall–Kier alpha value is 1.32. The summed E-state index contributed by atoms with van der Waals surface area (Å²) in [6.07, 6.45) is 2.74. The molecule has 0 spiro atoms. The maximum atomic E-state index is 2.23. The highest BCUT2D eigenvalue weighted by Gasteiger charge is 2.28. The summed E-state index contributed by atoms with van der Waals surface area (Å²) in [5.74, 6) is 2.60. The van der Waals surface area contributed by atoms with Crippen LogP contribution in [0.5, 0.6) is 0 Å². The molecule has 0 aliphatic carbocycles. The summed E-state index contributed by atoms with van der Waals surface area (Å²) >= 11 is 12.1. The third kappa shape index (κ3) is 3.14. The summed E-state index contributed by atoms with van der Waals surface area (Å²) in [7, 11) is 0. The molecule has 3 aliphatic rings. The molecule has 0 nitrogen and oxygen atoms in total. The highest BCUT2D eigenvalue weighted by Crippen LogP contribution is 2.63. The Morgan fingerprint density at radius 1 is 0.611 bits per heavy atom. The molecule has 0 aromatic heterocycles. The average Bonchev–Trinajstić information content (AvgIpc) is 2.84. The standard InChI is InChI=1S/C12H14S6/c1-7-8(2)16-11(15-7)12-17-9-10(18-12)14-6-4-3-5-13-9/h3-6H2,1-2H3. The summed E-state index contributed by atoms with van der Waals surface area (Å²) in [6, 6.07) is 0. The van der Waals surface area contributed by atoms with Gasteiger partial charge >= 0.3 is 0 Å². The van der Waals surface area contributed by atoms with Crippen LogP contribution in [0.25, 0.3) is 0 Å². The molecule has 0 bridgehead atoms. The van der Waals surface area contributed by atoms with Crippen molar-refractivity contribution in [3.05, 3.63) is 26.8 Å². The van der Waals surface area contributed by atoms with Gasteiger partial charge in [0.15, 0.2) is 0 Å². The third-order valence-corrected chi connectivity index (χ3v) is 11.5. The molecule has 3 aliphatic heterocycles. The van der Waals surface area contributed by atoms with E-state index in [0.29, 0.717) is 0 Å². The number of hydrogen-bond donors (Lipinski definition) is 0. The van der Waals surface area contributed by atoms with E-state index in [-0.39, 0.29) is 0 Å². The lowest BCUT2D eigenvalue weighted by atomic mass is 10.4. The Bertz CT molecular complexity index is 421. The number of hydrogen-bond acceptors (Lipinski definition) is 6. The Morgan fingerprint density at radius 3 is 1.56 bits per heavy atom. The lowest BCUT2D eigenvalue weighted by Crippen LogP contribution is -1.87. The van der Waals surface area contributed by atoms with Crippen molar-refractivity contribution in [3.63, 3.8) is 0 Å². The van der Waals surface area contributed by atoms with E-state index in [1.807, 2.05) is 47.0 Å². The molecule has 18 heavy (non-hydrogen) atoms. The molecule has 0 atom stereocenters. The van der Waals surface area contributed by atoms with Crippen molar-refractivity contribution in [2.45, 2.75) is 26.7 Å². The predicted octanol–water partition coefficient (Wildman–Crippen LogP) is 6.71. The van der Waals surface area contributed by atoms with Gasteiger partial charge in [0.25, 0.3) is 0 Å². The van der Waals surface area contributed by atoms with Crippen LogP contribution in [0, 0.1) is 0 Å². The summed E-state index contributed by atoms with van der Waals surface area (Å²) in [6.45, 7) is 4.47. The second-order valence-electron chi connectivity index (χ2n) is 4.07. The van der Waals surface area contributed by atoms with E-state index in [2.05, 4.69) is 37.4 Å². The van der Waals surface area contributed by atoms with E-state index in [1.54, 1.807) is 8.47 Å². The molecule has 0 radical (unpaired) electrons. The van der Waals surface area contributed by atoms with Gasteiger partial charge in [0.05, 0.1) is 16.9 Å². The van der Waals surface area contributed by atoms with Crippen molar-refractivity contribution in [2.75, 3.05) is 11.5 Å². The lowest BCUT2D eigenvalue weighted by Gasteiger charge is -2.08. The molecule has 0 N–H and O–H groups in total. The third-order valence-electron chi connectivity index (χ3n) is 2.70. The summed E-state index contributed by atoms with van der Waals surface area (Å²) in [5, 5.41) is 0. The van der Waals surface area contributed by atoms with E-state index in [0.717, 1.165) is 0 Å². The number of allylic oxidation sites excluding steroid dienone is 2. The monoisotopic (exact) mass is 350 g/mol. The minimum atomic E-state index is 1.30. The van der Waals surface area contributed by atoms with Gasteiger partial charge in [-0.3, -0.25) is 0 Å². The molecule has 98 valence electrons. The van der Waals surface area contributed by atoms with E-state index in [4.69, 9.17) is 0 Å². The van der Waals surface area contributed by atoms with Crippen molar-refractivity contribution in [1.82, 2.24) is 0 Å². The largest absolute Gasteiger partial charge is 0.117 e.